The van der Waals surface area contributed by atoms with Gasteiger partial charge in [0.1, 0.15) is 11.4 Å². The summed E-state index contributed by atoms with van der Waals surface area (Å²) in [5.74, 6) is 2.23. The van der Waals surface area contributed by atoms with Gasteiger partial charge < -0.3 is 19.1 Å². The molecule has 39 heavy (non-hydrogen) atoms. The van der Waals surface area contributed by atoms with Crippen LogP contribution in [0.15, 0.2) is 54.6 Å². The molecule has 2 aliphatic heterocycles. The van der Waals surface area contributed by atoms with Gasteiger partial charge in [0.2, 0.25) is 6.79 Å². The van der Waals surface area contributed by atoms with Crippen molar-refractivity contribution in [2.24, 2.45) is 0 Å². The number of nitrogens with zero attached hydrogens (tertiary/aromatic N) is 5. The molecule has 4 heterocycles. The van der Waals surface area contributed by atoms with Crippen LogP contribution >= 0.6 is 0 Å². The van der Waals surface area contributed by atoms with Gasteiger partial charge in [-0.3, -0.25) is 9.69 Å². The molecule has 0 bridgehead atoms. The van der Waals surface area contributed by atoms with Gasteiger partial charge in [-0.15, -0.1) is 0 Å². The van der Waals surface area contributed by atoms with Crippen molar-refractivity contribution in [2.45, 2.75) is 32.7 Å². The van der Waals surface area contributed by atoms with Gasteiger partial charge in [-0.1, -0.05) is 39.0 Å². The molecule has 9 nitrogen and oxygen atoms in total. The van der Waals surface area contributed by atoms with Gasteiger partial charge in [0.05, 0.1) is 18.5 Å². The molecule has 2 aliphatic rings. The van der Waals surface area contributed by atoms with Crippen molar-refractivity contribution in [1.29, 1.82) is 0 Å². The molecule has 0 radical (unpaired) electrons. The molecule has 202 valence electrons. The Morgan fingerprint density at radius 3 is 2.51 bits per heavy atom. The first kappa shape index (κ1) is 25.2. The molecule has 0 N–H and O–H groups in total. The predicted molar refractivity (Wildman–Crippen MR) is 147 cm³/mol. The fraction of sp³-hybridized carbons (Fsp3) is 0.367. The highest BCUT2D eigenvalue weighted by Crippen LogP contribution is 2.34. The van der Waals surface area contributed by atoms with E-state index < -0.39 is 0 Å². The minimum absolute atomic E-state index is 0.0742. The van der Waals surface area contributed by atoms with E-state index in [0.717, 1.165) is 48.1 Å². The molecule has 0 saturated carbocycles. The first-order chi connectivity index (χ1) is 18.8. The monoisotopic (exact) mass is 527 g/mol. The number of piperazine rings is 1. The number of rotatable bonds is 5. The number of ether oxygens (including phenoxy) is 3. The summed E-state index contributed by atoms with van der Waals surface area (Å²) in [6.45, 7) is 10.2. The molecule has 2 aromatic carbocycles. The maximum Gasteiger partial charge on any atom is 0.272 e. The van der Waals surface area contributed by atoms with E-state index in [1.807, 2.05) is 57.9 Å². The minimum Gasteiger partial charge on any atom is -0.496 e. The highest BCUT2D eigenvalue weighted by Gasteiger charge is 2.27. The van der Waals surface area contributed by atoms with Crippen LogP contribution in [-0.2, 0) is 12.0 Å². The lowest BCUT2D eigenvalue weighted by atomic mass is 9.93. The maximum absolute atomic E-state index is 13.7. The van der Waals surface area contributed by atoms with Crippen molar-refractivity contribution >= 4 is 11.6 Å². The molecule has 2 aromatic heterocycles. The molecular weight excluding hydrogens is 494 g/mol. The van der Waals surface area contributed by atoms with E-state index in [2.05, 4.69) is 31.7 Å². The van der Waals surface area contributed by atoms with Crippen molar-refractivity contribution in [2.75, 3.05) is 40.1 Å². The van der Waals surface area contributed by atoms with Gasteiger partial charge in [0.25, 0.3) is 5.91 Å². The summed E-state index contributed by atoms with van der Waals surface area (Å²) >= 11 is 0. The van der Waals surface area contributed by atoms with Gasteiger partial charge in [-0.2, -0.15) is 5.10 Å². The van der Waals surface area contributed by atoms with Crippen molar-refractivity contribution in [3.63, 3.8) is 0 Å². The van der Waals surface area contributed by atoms with Gasteiger partial charge in [-0.05, 0) is 35.9 Å². The molecule has 0 unspecified atom stereocenters. The fourth-order valence-electron chi connectivity index (χ4n) is 5.07. The van der Waals surface area contributed by atoms with Crippen molar-refractivity contribution in [1.82, 2.24) is 24.4 Å². The zero-order valence-electron chi connectivity index (χ0n) is 22.8. The van der Waals surface area contributed by atoms with Gasteiger partial charge in [0, 0.05) is 49.8 Å². The van der Waals surface area contributed by atoms with Crippen molar-refractivity contribution in [3.05, 3.63) is 71.5 Å². The van der Waals surface area contributed by atoms with Crippen LogP contribution in [0.5, 0.6) is 17.2 Å². The standard InChI is InChI=1S/C30H33N5O4/c1-30(2,3)27-17-28-31-22(16-23(35(28)32-27)21-7-5-6-8-24(21)37-4)29(36)34-13-11-33(12-14-34)18-20-9-10-25-26(15-20)39-19-38-25/h5-10,15-17H,11-14,18-19H2,1-4H3. The number of methoxy groups -OCH3 is 1. The first-order valence-corrected chi connectivity index (χ1v) is 13.2. The Bertz CT molecular complexity index is 1530. The lowest BCUT2D eigenvalue weighted by Crippen LogP contribution is -2.48. The largest absolute Gasteiger partial charge is 0.496 e. The van der Waals surface area contributed by atoms with E-state index in [-0.39, 0.29) is 18.1 Å². The van der Waals surface area contributed by atoms with E-state index in [1.165, 1.54) is 5.56 Å². The Hall–Kier alpha value is -4.11. The van der Waals surface area contributed by atoms with Crippen LogP contribution in [0.4, 0.5) is 0 Å². The Morgan fingerprint density at radius 2 is 1.74 bits per heavy atom. The van der Waals surface area contributed by atoms with E-state index in [0.29, 0.717) is 30.2 Å². The van der Waals surface area contributed by atoms with Gasteiger partial charge in [0.15, 0.2) is 17.1 Å². The Kier molecular flexibility index (Phi) is 6.38. The van der Waals surface area contributed by atoms with E-state index in [9.17, 15) is 4.79 Å². The third-order valence-corrected chi connectivity index (χ3v) is 7.30. The number of fused-ring (bicyclic) bond motifs is 2. The number of hydrogen-bond acceptors (Lipinski definition) is 7. The molecule has 6 rings (SSSR count). The second kappa shape index (κ2) is 9.89. The quantitative estimate of drug-likeness (QED) is 0.381. The summed E-state index contributed by atoms with van der Waals surface area (Å²) in [5, 5.41) is 4.87. The molecule has 1 amide bonds. The molecule has 0 spiro atoms. The van der Waals surface area contributed by atoms with Crippen LogP contribution in [0.2, 0.25) is 0 Å². The van der Waals surface area contributed by atoms with Crippen LogP contribution in [-0.4, -0.2) is 70.4 Å². The summed E-state index contributed by atoms with van der Waals surface area (Å²) in [5.41, 5.74) is 4.61. The Labute approximate surface area is 227 Å². The van der Waals surface area contributed by atoms with Crippen LogP contribution in [0.25, 0.3) is 16.9 Å². The highest BCUT2D eigenvalue weighted by atomic mass is 16.7. The summed E-state index contributed by atoms with van der Waals surface area (Å²) in [6, 6.07) is 17.7. The topological polar surface area (TPSA) is 81.4 Å². The Morgan fingerprint density at radius 1 is 0.974 bits per heavy atom. The summed E-state index contributed by atoms with van der Waals surface area (Å²) in [4.78, 5) is 22.7. The van der Waals surface area contributed by atoms with Crippen LogP contribution in [0.3, 0.4) is 0 Å². The SMILES string of the molecule is COc1ccccc1-c1cc(C(=O)N2CCN(Cc3ccc4c(c3)OCO4)CC2)nc2cc(C(C)(C)C)nn12. The number of carbonyl (C=O) groups excluding carboxylic acids is 1. The van der Waals surface area contributed by atoms with Crippen LogP contribution in [0, 0.1) is 0 Å². The zero-order chi connectivity index (χ0) is 27.1. The molecule has 0 aliphatic carbocycles. The van der Waals surface area contributed by atoms with E-state index >= 15 is 0 Å². The average molecular weight is 528 g/mol. The van der Waals surface area contributed by atoms with Crippen molar-refractivity contribution in [3.8, 4) is 28.5 Å². The van der Waals surface area contributed by atoms with Crippen LogP contribution < -0.4 is 14.2 Å². The van der Waals surface area contributed by atoms with E-state index in [1.54, 1.807) is 7.11 Å². The average Bonchev–Trinajstić information content (AvgIpc) is 3.59. The number of hydrogen-bond donors (Lipinski definition) is 0. The minimum atomic E-state index is -0.162. The molecule has 9 heteroatoms. The number of benzene rings is 2. The second-order valence-electron chi connectivity index (χ2n) is 11.0. The third-order valence-electron chi connectivity index (χ3n) is 7.30. The highest BCUT2D eigenvalue weighted by molar-refractivity contribution is 5.94. The Balaban J connectivity index is 1.25. The maximum atomic E-state index is 13.7. The second-order valence-corrected chi connectivity index (χ2v) is 11.0. The fourth-order valence-corrected chi connectivity index (χ4v) is 5.07. The van der Waals surface area contributed by atoms with Crippen molar-refractivity contribution < 1.29 is 19.0 Å². The predicted octanol–water partition coefficient (Wildman–Crippen LogP) is 4.39. The summed E-state index contributed by atoms with van der Waals surface area (Å²) in [6.07, 6.45) is 0. The normalized spacial score (nSPS) is 15.6. The summed E-state index contributed by atoms with van der Waals surface area (Å²) in [7, 11) is 1.65. The van der Waals surface area contributed by atoms with E-state index in [4.69, 9.17) is 24.3 Å². The van der Waals surface area contributed by atoms with Gasteiger partial charge >= 0.3 is 0 Å². The molecule has 4 aromatic rings. The number of aromatic nitrogens is 3. The lowest BCUT2D eigenvalue weighted by molar-refractivity contribution is 0.0623. The molecular formula is C30H33N5O4. The molecule has 1 saturated heterocycles. The number of amides is 1. The lowest BCUT2D eigenvalue weighted by Gasteiger charge is -2.34. The zero-order valence-corrected chi connectivity index (χ0v) is 22.8. The number of carbonyl (C=O) groups is 1. The van der Waals surface area contributed by atoms with Gasteiger partial charge in [-0.25, -0.2) is 9.50 Å². The summed E-state index contributed by atoms with van der Waals surface area (Å²) < 4.78 is 18.4. The molecule has 1 fully saturated rings. The van der Waals surface area contributed by atoms with Crippen LogP contribution in [0.1, 0.15) is 42.5 Å². The smallest absolute Gasteiger partial charge is 0.272 e. The first-order valence-electron chi connectivity index (χ1n) is 13.2. The number of para-hydroxylation sites is 1. The third kappa shape index (κ3) is 4.90. The molecule has 0 atom stereocenters.